The molecule has 1 heterocycles. The Hall–Kier alpha value is -0.885. The lowest BCUT2D eigenvalue weighted by Gasteiger charge is -2.32. The summed E-state index contributed by atoms with van der Waals surface area (Å²) in [5.41, 5.74) is -0.00133. The molecule has 26 heavy (non-hydrogen) atoms. The van der Waals surface area contributed by atoms with Crippen molar-refractivity contribution < 1.29 is 17.7 Å². The molecule has 0 atom stereocenters. The van der Waals surface area contributed by atoms with Crippen LogP contribution >= 0.6 is 0 Å². The first-order valence-corrected chi connectivity index (χ1v) is 11.0. The standard InChI is InChI=1S/C19H30BNO4S/c1-14-6-10-16(11-7-14)21-26(22,23)17-12-8-15(9-13-17)20-24-18(2,3)19(4,5)25-20/h8-9,12-14,16,21H,6-7,10-11H2,1-5H3. The van der Waals surface area contributed by atoms with E-state index >= 15 is 0 Å². The fourth-order valence-electron chi connectivity index (χ4n) is 3.45. The van der Waals surface area contributed by atoms with Gasteiger partial charge in [0.1, 0.15) is 0 Å². The van der Waals surface area contributed by atoms with Crippen LogP contribution in [0.15, 0.2) is 29.2 Å². The molecular weight excluding hydrogens is 349 g/mol. The second-order valence-corrected chi connectivity index (χ2v) is 10.4. The lowest BCUT2D eigenvalue weighted by atomic mass is 9.79. The van der Waals surface area contributed by atoms with Gasteiger partial charge < -0.3 is 9.31 Å². The summed E-state index contributed by atoms with van der Waals surface area (Å²) in [6.07, 6.45) is 3.97. The molecule has 1 N–H and O–H groups in total. The molecule has 0 bridgehead atoms. The molecule has 144 valence electrons. The van der Waals surface area contributed by atoms with E-state index < -0.39 is 28.3 Å². The van der Waals surface area contributed by atoms with Crippen LogP contribution in [0.2, 0.25) is 0 Å². The molecule has 2 fully saturated rings. The summed E-state index contributed by atoms with van der Waals surface area (Å²) in [6.45, 7) is 10.2. The zero-order chi connectivity index (χ0) is 19.2. The molecule has 5 nitrogen and oxygen atoms in total. The minimum Gasteiger partial charge on any atom is -0.399 e. The van der Waals surface area contributed by atoms with Crippen LogP contribution < -0.4 is 10.2 Å². The number of sulfonamides is 1. The van der Waals surface area contributed by atoms with E-state index in [4.69, 9.17) is 9.31 Å². The van der Waals surface area contributed by atoms with Gasteiger partial charge in [0.05, 0.1) is 16.1 Å². The fraction of sp³-hybridized carbons (Fsp3) is 0.684. The first-order chi connectivity index (χ1) is 12.0. The number of nitrogens with one attached hydrogen (secondary N) is 1. The van der Waals surface area contributed by atoms with Crippen molar-refractivity contribution >= 4 is 22.6 Å². The van der Waals surface area contributed by atoms with Gasteiger partial charge in [-0.2, -0.15) is 0 Å². The van der Waals surface area contributed by atoms with Crippen LogP contribution in [0.4, 0.5) is 0 Å². The number of hydrogen-bond donors (Lipinski definition) is 1. The smallest absolute Gasteiger partial charge is 0.399 e. The molecule has 7 heteroatoms. The second kappa shape index (κ2) is 6.93. The van der Waals surface area contributed by atoms with E-state index in [-0.39, 0.29) is 10.9 Å². The van der Waals surface area contributed by atoms with Crippen LogP contribution in [0.3, 0.4) is 0 Å². The van der Waals surface area contributed by atoms with E-state index in [1.807, 2.05) is 27.7 Å². The molecule has 0 unspecified atom stereocenters. The molecule has 2 aliphatic rings. The van der Waals surface area contributed by atoms with Crippen molar-refractivity contribution in [2.75, 3.05) is 0 Å². The van der Waals surface area contributed by atoms with Crippen LogP contribution in [0.25, 0.3) is 0 Å². The van der Waals surface area contributed by atoms with Gasteiger partial charge in [0.2, 0.25) is 10.0 Å². The van der Waals surface area contributed by atoms with Crippen molar-refractivity contribution in [2.45, 2.75) is 82.4 Å². The van der Waals surface area contributed by atoms with Gasteiger partial charge in [-0.3, -0.25) is 0 Å². The Kier molecular flexibility index (Phi) is 5.30. The molecule has 0 amide bonds. The number of rotatable bonds is 4. The first-order valence-electron chi connectivity index (χ1n) is 9.48. The lowest BCUT2D eigenvalue weighted by Crippen LogP contribution is -2.41. The molecule has 1 saturated heterocycles. The highest BCUT2D eigenvalue weighted by atomic mass is 32.2. The van der Waals surface area contributed by atoms with E-state index in [9.17, 15) is 8.42 Å². The summed E-state index contributed by atoms with van der Waals surface area (Å²) in [4.78, 5) is 0.288. The summed E-state index contributed by atoms with van der Waals surface area (Å²) in [7, 11) is -3.98. The van der Waals surface area contributed by atoms with Crippen molar-refractivity contribution in [3.63, 3.8) is 0 Å². The van der Waals surface area contributed by atoms with Crippen molar-refractivity contribution in [2.24, 2.45) is 5.92 Å². The highest BCUT2D eigenvalue weighted by Crippen LogP contribution is 2.36. The van der Waals surface area contributed by atoms with Crippen LogP contribution in [-0.2, 0) is 19.3 Å². The second-order valence-electron chi connectivity index (χ2n) is 8.74. The van der Waals surface area contributed by atoms with Gasteiger partial charge >= 0.3 is 7.12 Å². The Morgan fingerprint density at radius 1 is 0.962 bits per heavy atom. The Morgan fingerprint density at radius 2 is 1.46 bits per heavy atom. The van der Waals surface area contributed by atoms with E-state index in [0.717, 1.165) is 31.1 Å². The molecule has 1 aliphatic heterocycles. The Balaban J connectivity index is 1.69. The van der Waals surface area contributed by atoms with Crippen molar-refractivity contribution in [1.82, 2.24) is 4.72 Å². The minimum atomic E-state index is -3.49. The first kappa shape index (κ1) is 19.9. The van der Waals surface area contributed by atoms with Crippen LogP contribution in [0.5, 0.6) is 0 Å². The average molecular weight is 379 g/mol. The number of hydrogen-bond acceptors (Lipinski definition) is 4. The third-order valence-corrected chi connectivity index (χ3v) is 7.59. The normalized spacial score (nSPS) is 28.3. The molecule has 1 aromatic rings. The summed E-state index contributed by atoms with van der Waals surface area (Å²) in [5.74, 6) is 0.690. The van der Waals surface area contributed by atoms with Gasteiger partial charge in [0.25, 0.3) is 0 Å². The van der Waals surface area contributed by atoms with Gasteiger partial charge in [-0.1, -0.05) is 19.1 Å². The van der Waals surface area contributed by atoms with E-state index in [1.165, 1.54) is 0 Å². The van der Waals surface area contributed by atoms with Gasteiger partial charge in [0, 0.05) is 6.04 Å². The Bertz CT molecular complexity index is 721. The van der Waals surface area contributed by atoms with E-state index in [0.29, 0.717) is 5.92 Å². The monoisotopic (exact) mass is 379 g/mol. The van der Waals surface area contributed by atoms with E-state index in [2.05, 4.69) is 11.6 Å². The molecule has 1 saturated carbocycles. The maximum atomic E-state index is 12.6. The van der Waals surface area contributed by atoms with Crippen LogP contribution in [-0.4, -0.2) is 32.8 Å². The third kappa shape index (κ3) is 4.01. The largest absolute Gasteiger partial charge is 0.494 e. The summed E-state index contributed by atoms with van der Waals surface area (Å²) in [5, 5.41) is 0. The Labute approximate surface area is 158 Å². The van der Waals surface area contributed by atoms with Crippen LogP contribution in [0, 0.1) is 5.92 Å². The molecule has 0 aromatic heterocycles. The predicted molar refractivity (Wildman–Crippen MR) is 104 cm³/mol. The van der Waals surface area contributed by atoms with Gasteiger partial charge in [-0.15, -0.1) is 0 Å². The predicted octanol–water partition coefficient (Wildman–Crippen LogP) is 2.84. The molecule has 3 rings (SSSR count). The van der Waals surface area contributed by atoms with E-state index in [1.54, 1.807) is 24.3 Å². The maximum Gasteiger partial charge on any atom is 0.494 e. The summed E-state index contributed by atoms with van der Waals surface area (Å²) < 4.78 is 40.2. The molecule has 1 aromatic carbocycles. The average Bonchev–Trinajstić information content (AvgIpc) is 2.78. The van der Waals surface area contributed by atoms with Gasteiger partial charge in [0.15, 0.2) is 0 Å². The highest BCUT2D eigenvalue weighted by Gasteiger charge is 2.51. The fourth-order valence-corrected chi connectivity index (χ4v) is 4.75. The molecule has 1 aliphatic carbocycles. The van der Waals surface area contributed by atoms with Crippen molar-refractivity contribution in [1.29, 1.82) is 0 Å². The van der Waals surface area contributed by atoms with Crippen molar-refractivity contribution in [3.05, 3.63) is 24.3 Å². The zero-order valence-electron chi connectivity index (χ0n) is 16.4. The third-order valence-electron chi connectivity index (χ3n) is 6.05. The minimum absolute atomic E-state index is 0.0407. The summed E-state index contributed by atoms with van der Waals surface area (Å²) in [6, 6.07) is 6.86. The van der Waals surface area contributed by atoms with Crippen molar-refractivity contribution in [3.8, 4) is 0 Å². The molecule has 0 radical (unpaired) electrons. The van der Waals surface area contributed by atoms with Gasteiger partial charge in [-0.25, -0.2) is 13.1 Å². The number of benzene rings is 1. The molecule has 0 spiro atoms. The van der Waals surface area contributed by atoms with Gasteiger partial charge in [-0.05, 0) is 76.9 Å². The molecular formula is C19H30BNO4S. The SMILES string of the molecule is CC1CCC(NS(=O)(=O)c2ccc(B3OC(C)(C)C(C)(C)O3)cc2)CC1. The summed E-state index contributed by atoms with van der Waals surface area (Å²) >= 11 is 0. The Morgan fingerprint density at radius 3 is 1.96 bits per heavy atom. The topological polar surface area (TPSA) is 64.6 Å². The zero-order valence-corrected chi connectivity index (χ0v) is 17.2. The quantitative estimate of drug-likeness (QED) is 0.818. The van der Waals surface area contributed by atoms with Crippen LogP contribution in [0.1, 0.15) is 60.3 Å². The lowest BCUT2D eigenvalue weighted by molar-refractivity contribution is 0.00578. The highest BCUT2D eigenvalue weighted by molar-refractivity contribution is 7.89. The maximum absolute atomic E-state index is 12.6.